The lowest BCUT2D eigenvalue weighted by Gasteiger charge is -2.23. The second kappa shape index (κ2) is 9.77. The molecule has 3 rings (SSSR count). The maximum atomic E-state index is 12.7. The van der Waals surface area contributed by atoms with Gasteiger partial charge in [0.1, 0.15) is 5.75 Å². The van der Waals surface area contributed by atoms with E-state index in [1.807, 2.05) is 0 Å². The van der Waals surface area contributed by atoms with Crippen LogP contribution in [0.4, 0.5) is 5.69 Å². The fraction of sp³-hybridized carbons (Fsp3) is 0.316. The highest BCUT2D eigenvalue weighted by Gasteiger charge is 2.20. The van der Waals surface area contributed by atoms with Crippen LogP contribution in [-0.2, 0) is 10.0 Å². The molecule has 7 nitrogen and oxygen atoms in total. The highest BCUT2D eigenvalue weighted by atomic mass is 35.5. The van der Waals surface area contributed by atoms with E-state index < -0.39 is 10.0 Å². The van der Waals surface area contributed by atoms with Gasteiger partial charge in [-0.15, -0.1) is 12.4 Å². The third kappa shape index (κ3) is 5.37. The Labute approximate surface area is 171 Å². The van der Waals surface area contributed by atoms with Crippen LogP contribution in [0.15, 0.2) is 53.4 Å². The molecule has 1 aliphatic rings. The van der Waals surface area contributed by atoms with E-state index in [9.17, 15) is 13.2 Å². The fourth-order valence-electron chi connectivity index (χ4n) is 2.97. The first-order valence-corrected chi connectivity index (χ1v) is 10.3. The van der Waals surface area contributed by atoms with Gasteiger partial charge in [0.2, 0.25) is 0 Å². The van der Waals surface area contributed by atoms with Crippen molar-refractivity contribution in [3.05, 3.63) is 54.1 Å². The van der Waals surface area contributed by atoms with Crippen LogP contribution in [0.25, 0.3) is 0 Å². The number of piperidine rings is 1. The molecule has 28 heavy (non-hydrogen) atoms. The Balaban J connectivity index is 0.00000280. The monoisotopic (exact) mass is 425 g/mol. The number of carbonyl (C=O) groups is 1. The Bertz CT molecular complexity index is 915. The maximum Gasteiger partial charge on any atom is 0.262 e. The average Bonchev–Trinajstić information content (AvgIpc) is 2.69. The molecular formula is C19H24ClN3O4S. The average molecular weight is 426 g/mol. The highest BCUT2D eigenvalue weighted by Crippen LogP contribution is 2.26. The molecule has 0 bridgehead atoms. The molecule has 0 atom stereocenters. The van der Waals surface area contributed by atoms with Crippen LogP contribution in [0.3, 0.4) is 0 Å². The summed E-state index contributed by atoms with van der Waals surface area (Å²) in [5, 5.41) is 6.21. The number of halogens is 1. The summed E-state index contributed by atoms with van der Waals surface area (Å²) in [6, 6.07) is 12.9. The topological polar surface area (TPSA) is 96.5 Å². The van der Waals surface area contributed by atoms with Gasteiger partial charge in [-0.3, -0.25) is 9.52 Å². The number of hydrogen-bond donors (Lipinski definition) is 3. The van der Waals surface area contributed by atoms with E-state index in [4.69, 9.17) is 4.74 Å². The Morgan fingerprint density at radius 3 is 2.54 bits per heavy atom. The third-order valence-corrected chi connectivity index (χ3v) is 5.80. The third-order valence-electron chi connectivity index (χ3n) is 4.43. The van der Waals surface area contributed by atoms with Crippen molar-refractivity contribution >= 4 is 34.0 Å². The highest BCUT2D eigenvalue weighted by molar-refractivity contribution is 7.92. The van der Waals surface area contributed by atoms with Crippen LogP contribution >= 0.6 is 12.4 Å². The van der Waals surface area contributed by atoms with Gasteiger partial charge in [-0.2, -0.15) is 0 Å². The molecule has 0 saturated carbocycles. The number of sulfonamides is 1. The lowest BCUT2D eigenvalue weighted by atomic mass is 10.1. The smallest absolute Gasteiger partial charge is 0.262 e. The molecule has 1 saturated heterocycles. The minimum atomic E-state index is -3.86. The molecule has 0 aromatic heterocycles. The minimum Gasteiger partial charge on any atom is -0.495 e. The van der Waals surface area contributed by atoms with Gasteiger partial charge in [-0.1, -0.05) is 18.2 Å². The van der Waals surface area contributed by atoms with Gasteiger partial charge in [0.05, 0.1) is 17.7 Å². The predicted molar refractivity (Wildman–Crippen MR) is 111 cm³/mol. The van der Waals surface area contributed by atoms with Crippen molar-refractivity contribution in [3.63, 3.8) is 0 Å². The summed E-state index contributed by atoms with van der Waals surface area (Å²) in [5.41, 5.74) is 0.654. The van der Waals surface area contributed by atoms with Crippen LogP contribution in [0.2, 0.25) is 0 Å². The van der Waals surface area contributed by atoms with Gasteiger partial charge < -0.3 is 15.4 Å². The number of anilines is 1. The molecule has 1 heterocycles. The minimum absolute atomic E-state index is 0. The fourth-order valence-corrected chi connectivity index (χ4v) is 4.09. The quantitative estimate of drug-likeness (QED) is 0.660. The molecule has 3 N–H and O–H groups in total. The van der Waals surface area contributed by atoms with Crippen LogP contribution in [0.5, 0.6) is 5.75 Å². The molecule has 1 aliphatic heterocycles. The largest absolute Gasteiger partial charge is 0.495 e. The van der Waals surface area contributed by atoms with E-state index in [-0.39, 0.29) is 29.3 Å². The lowest BCUT2D eigenvalue weighted by Crippen LogP contribution is -2.42. The number of benzene rings is 2. The summed E-state index contributed by atoms with van der Waals surface area (Å²) < 4.78 is 33.1. The van der Waals surface area contributed by atoms with Gasteiger partial charge in [0.15, 0.2) is 0 Å². The summed E-state index contributed by atoms with van der Waals surface area (Å²) in [4.78, 5) is 12.5. The van der Waals surface area contributed by atoms with Crippen LogP contribution in [-0.4, -0.2) is 40.6 Å². The second-order valence-corrected chi connectivity index (χ2v) is 8.01. The Hall–Kier alpha value is -2.29. The Kier molecular flexibility index (Phi) is 7.68. The molecule has 0 spiro atoms. The van der Waals surface area contributed by atoms with Gasteiger partial charge in [-0.05, 0) is 56.3 Å². The number of hydrogen-bond acceptors (Lipinski definition) is 5. The van der Waals surface area contributed by atoms with Crippen molar-refractivity contribution in [3.8, 4) is 5.75 Å². The normalized spacial score (nSPS) is 14.6. The Morgan fingerprint density at radius 1 is 1.11 bits per heavy atom. The lowest BCUT2D eigenvalue weighted by molar-refractivity contribution is 0.0929. The van der Waals surface area contributed by atoms with Crippen LogP contribution < -0.4 is 20.1 Å². The zero-order chi connectivity index (χ0) is 19.3. The number of amides is 1. The van der Waals surface area contributed by atoms with Crippen molar-refractivity contribution in [2.24, 2.45) is 0 Å². The number of carbonyl (C=O) groups excluding carboxylic acids is 1. The van der Waals surface area contributed by atoms with E-state index in [1.165, 1.54) is 19.2 Å². The molecule has 1 amide bonds. The SMILES string of the molecule is COc1ccccc1NS(=O)(=O)c1cccc(C(=O)NC2CCNCC2)c1.Cl. The Morgan fingerprint density at radius 2 is 1.82 bits per heavy atom. The van der Waals surface area contributed by atoms with Gasteiger partial charge >= 0.3 is 0 Å². The molecule has 0 aliphatic carbocycles. The first-order valence-electron chi connectivity index (χ1n) is 8.77. The maximum absolute atomic E-state index is 12.7. The summed E-state index contributed by atoms with van der Waals surface area (Å²) in [6.45, 7) is 1.73. The van der Waals surface area contributed by atoms with Crippen molar-refractivity contribution in [1.29, 1.82) is 0 Å². The first kappa shape index (κ1) is 22.0. The second-order valence-electron chi connectivity index (χ2n) is 6.33. The van der Waals surface area contributed by atoms with E-state index in [2.05, 4.69) is 15.4 Å². The summed E-state index contributed by atoms with van der Waals surface area (Å²) in [5.74, 6) is 0.150. The molecule has 2 aromatic rings. The predicted octanol–water partition coefficient (Wildman–Crippen LogP) is 2.40. The van der Waals surface area contributed by atoms with E-state index in [0.717, 1.165) is 25.9 Å². The molecule has 152 valence electrons. The van der Waals surface area contributed by atoms with Crippen LogP contribution in [0, 0.1) is 0 Å². The molecular weight excluding hydrogens is 402 g/mol. The number of methoxy groups -OCH3 is 1. The zero-order valence-electron chi connectivity index (χ0n) is 15.5. The molecule has 0 unspecified atom stereocenters. The van der Waals surface area contributed by atoms with Crippen molar-refractivity contribution in [2.45, 2.75) is 23.8 Å². The van der Waals surface area contributed by atoms with E-state index >= 15 is 0 Å². The van der Waals surface area contributed by atoms with Crippen molar-refractivity contribution < 1.29 is 17.9 Å². The van der Waals surface area contributed by atoms with Crippen molar-refractivity contribution in [2.75, 3.05) is 24.9 Å². The first-order chi connectivity index (χ1) is 13.0. The summed E-state index contributed by atoms with van der Waals surface area (Å²) in [7, 11) is -2.38. The number of nitrogens with one attached hydrogen (secondary N) is 3. The van der Waals surface area contributed by atoms with E-state index in [0.29, 0.717) is 17.0 Å². The number of para-hydroxylation sites is 2. The number of rotatable bonds is 6. The van der Waals surface area contributed by atoms with E-state index in [1.54, 1.807) is 36.4 Å². The standard InChI is InChI=1S/C19H23N3O4S.ClH/c1-26-18-8-3-2-7-17(18)22-27(24,25)16-6-4-5-14(13-16)19(23)21-15-9-11-20-12-10-15;/h2-8,13,15,20,22H,9-12H2,1H3,(H,21,23);1H. The molecule has 2 aromatic carbocycles. The van der Waals surface area contributed by atoms with Crippen molar-refractivity contribution in [1.82, 2.24) is 10.6 Å². The van der Waals surface area contributed by atoms with Gasteiger partial charge in [0.25, 0.3) is 15.9 Å². The molecule has 1 fully saturated rings. The van der Waals surface area contributed by atoms with Gasteiger partial charge in [0, 0.05) is 11.6 Å². The molecule has 9 heteroatoms. The molecule has 0 radical (unpaired) electrons. The summed E-state index contributed by atoms with van der Waals surface area (Å²) in [6.07, 6.45) is 1.72. The van der Waals surface area contributed by atoms with Gasteiger partial charge in [-0.25, -0.2) is 8.42 Å². The van der Waals surface area contributed by atoms with Crippen LogP contribution in [0.1, 0.15) is 23.2 Å². The summed E-state index contributed by atoms with van der Waals surface area (Å²) >= 11 is 0. The zero-order valence-corrected chi connectivity index (χ0v) is 17.1. The number of ether oxygens (including phenoxy) is 1.